The van der Waals surface area contributed by atoms with Gasteiger partial charge < -0.3 is 15.2 Å². The smallest absolute Gasteiger partial charge is 0.245 e. The lowest BCUT2D eigenvalue weighted by Crippen LogP contribution is -2.43. The third-order valence-corrected chi connectivity index (χ3v) is 4.11. The molecule has 23 heavy (non-hydrogen) atoms. The molecule has 2 aromatic rings. The number of hydrogen-bond acceptors (Lipinski definition) is 4. The Balaban J connectivity index is 0.00000192. The second-order valence-electron chi connectivity index (χ2n) is 5.61. The predicted molar refractivity (Wildman–Crippen MR) is 90.3 cm³/mol. The summed E-state index contributed by atoms with van der Waals surface area (Å²) in [6.45, 7) is 3.64. The molecule has 7 heteroatoms. The number of benzene rings is 1. The minimum absolute atomic E-state index is 0. The zero-order valence-corrected chi connectivity index (χ0v) is 14.0. The molecule has 1 atom stereocenters. The van der Waals surface area contributed by atoms with Gasteiger partial charge in [0.1, 0.15) is 11.9 Å². The Kier molecular flexibility index (Phi) is 5.74. The first-order valence-corrected chi connectivity index (χ1v) is 7.66. The van der Waals surface area contributed by atoms with Crippen LogP contribution in [0.15, 0.2) is 30.3 Å². The van der Waals surface area contributed by atoms with E-state index >= 15 is 0 Å². The van der Waals surface area contributed by atoms with Crippen LogP contribution in [-0.4, -0.2) is 38.7 Å². The molecule has 1 aliphatic rings. The van der Waals surface area contributed by atoms with Crippen molar-refractivity contribution in [3.63, 3.8) is 0 Å². The summed E-state index contributed by atoms with van der Waals surface area (Å²) in [7, 11) is 0. The van der Waals surface area contributed by atoms with Gasteiger partial charge in [0, 0.05) is 13.0 Å². The van der Waals surface area contributed by atoms with Crippen molar-refractivity contribution in [1.29, 1.82) is 0 Å². The van der Waals surface area contributed by atoms with Gasteiger partial charge in [-0.2, -0.15) is 0 Å². The van der Waals surface area contributed by atoms with Crippen LogP contribution in [0, 0.1) is 0 Å². The van der Waals surface area contributed by atoms with E-state index in [1.165, 1.54) is 5.56 Å². The van der Waals surface area contributed by atoms with Gasteiger partial charge in [-0.15, -0.1) is 22.6 Å². The number of halogens is 1. The highest BCUT2D eigenvalue weighted by Crippen LogP contribution is 2.23. The zero-order valence-electron chi connectivity index (χ0n) is 13.2. The molecule has 0 aliphatic carbocycles. The third-order valence-electron chi connectivity index (χ3n) is 4.11. The van der Waals surface area contributed by atoms with Gasteiger partial charge in [0.25, 0.3) is 0 Å². The Labute approximate surface area is 142 Å². The van der Waals surface area contributed by atoms with Crippen molar-refractivity contribution in [3.05, 3.63) is 47.5 Å². The van der Waals surface area contributed by atoms with Crippen LogP contribution >= 0.6 is 12.4 Å². The van der Waals surface area contributed by atoms with Crippen LogP contribution in [0.4, 0.5) is 0 Å². The Bertz CT molecular complexity index is 658. The number of amides is 1. The Morgan fingerprint density at radius 3 is 2.65 bits per heavy atom. The summed E-state index contributed by atoms with van der Waals surface area (Å²) in [5.41, 5.74) is 6.83. The monoisotopic (exact) mass is 335 g/mol. The average molecular weight is 336 g/mol. The topological polar surface area (TPSA) is 77.0 Å². The fourth-order valence-corrected chi connectivity index (χ4v) is 2.94. The van der Waals surface area contributed by atoms with Crippen molar-refractivity contribution in [2.75, 3.05) is 13.1 Å². The first-order chi connectivity index (χ1) is 10.7. The number of nitrogens with zero attached hydrogens (tertiary/aromatic N) is 4. The fourth-order valence-electron chi connectivity index (χ4n) is 2.94. The molecule has 1 aliphatic heterocycles. The zero-order chi connectivity index (χ0) is 15.5. The predicted octanol–water partition coefficient (Wildman–Crippen LogP) is 1.35. The van der Waals surface area contributed by atoms with Crippen molar-refractivity contribution < 1.29 is 4.79 Å². The average Bonchev–Trinajstić information content (AvgIpc) is 2.94. The van der Waals surface area contributed by atoms with Crippen molar-refractivity contribution in [2.45, 2.75) is 32.4 Å². The Morgan fingerprint density at radius 1 is 1.22 bits per heavy atom. The summed E-state index contributed by atoms with van der Waals surface area (Å²) in [6, 6.07) is 9.95. The molecule has 0 radical (unpaired) electrons. The highest BCUT2D eigenvalue weighted by atomic mass is 35.5. The first-order valence-electron chi connectivity index (χ1n) is 7.66. The van der Waals surface area contributed by atoms with E-state index in [9.17, 15) is 4.79 Å². The lowest BCUT2D eigenvalue weighted by atomic mass is 10.1. The lowest BCUT2D eigenvalue weighted by molar-refractivity contribution is -0.137. The molecule has 0 unspecified atom stereocenters. The molecule has 1 amide bonds. The van der Waals surface area contributed by atoms with Gasteiger partial charge >= 0.3 is 0 Å². The molecule has 2 N–H and O–H groups in total. The van der Waals surface area contributed by atoms with Gasteiger partial charge in [-0.25, -0.2) is 0 Å². The summed E-state index contributed by atoms with van der Waals surface area (Å²) in [5.74, 6) is 1.78. The van der Waals surface area contributed by atoms with Crippen molar-refractivity contribution in [2.24, 2.45) is 5.73 Å². The number of hydrogen-bond donors (Lipinski definition) is 1. The van der Waals surface area contributed by atoms with Crippen LogP contribution in [0.5, 0.6) is 0 Å². The van der Waals surface area contributed by atoms with Gasteiger partial charge in [0.15, 0.2) is 5.82 Å². The molecular formula is C16H22ClN5O. The third kappa shape index (κ3) is 3.54. The molecule has 6 nitrogen and oxygen atoms in total. The van der Waals surface area contributed by atoms with Crippen molar-refractivity contribution in [3.8, 4) is 0 Å². The molecule has 1 aromatic carbocycles. The minimum Gasteiger partial charge on any atom is -0.333 e. The van der Waals surface area contributed by atoms with E-state index in [-0.39, 0.29) is 24.4 Å². The molecule has 0 fully saturated rings. The number of aromatic nitrogens is 3. The normalized spacial score (nSPS) is 16.9. The molecule has 0 saturated heterocycles. The highest BCUT2D eigenvalue weighted by Gasteiger charge is 2.32. The lowest BCUT2D eigenvalue weighted by Gasteiger charge is -2.32. The largest absolute Gasteiger partial charge is 0.333 e. The highest BCUT2D eigenvalue weighted by molar-refractivity contribution is 5.85. The fraction of sp³-hybridized carbons (Fsp3) is 0.438. The van der Waals surface area contributed by atoms with Crippen molar-refractivity contribution >= 4 is 18.3 Å². The molecular weight excluding hydrogens is 314 g/mol. The summed E-state index contributed by atoms with van der Waals surface area (Å²) in [6.07, 6.45) is 1.50. The number of fused-ring (bicyclic) bond motifs is 1. The van der Waals surface area contributed by atoms with E-state index in [0.29, 0.717) is 26.1 Å². The Morgan fingerprint density at radius 2 is 1.96 bits per heavy atom. The molecule has 0 saturated carbocycles. The van der Waals surface area contributed by atoms with Gasteiger partial charge in [-0.1, -0.05) is 30.3 Å². The van der Waals surface area contributed by atoms with Crippen LogP contribution in [0.1, 0.15) is 30.2 Å². The van der Waals surface area contributed by atoms with Crippen LogP contribution < -0.4 is 5.73 Å². The molecule has 3 rings (SSSR count). The van der Waals surface area contributed by atoms with E-state index in [1.807, 2.05) is 34.6 Å². The summed E-state index contributed by atoms with van der Waals surface area (Å²) in [5, 5.41) is 8.41. The minimum atomic E-state index is -0.254. The van der Waals surface area contributed by atoms with E-state index in [1.54, 1.807) is 0 Å². The van der Waals surface area contributed by atoms with Gasteiger partial charge in [-0.3, -0.25) is 4.79 Å². The van der Waals surface area contributed by atoms with E-state index in [4.69, 9.17) is 5.73 Å². The molecule has 0 spiro atoms. The molecule has 2 heterocycles. The SMILES string of the molecule is C[C@H]1C(=O)N(CCc2ccccc2)Cc2nnc(CCN)n21.Cl. The quantitative estimate of drug-likeness (QED) is 0.894. The summed E-state index contributed by atoms with van der Waals surface area (Å²) < 4.78 is 1.94. The Hall–Kier alpha value is -1.92. The number of nitrogens with two attached hydrogens (primary N) is 1. The van der Waals surface area contributed by atoms with Crippen LogP contribution in [-0.2, 0) is 24.2 Å². The van der Waals surface area contributed by atoms with Crippen LogP contribution in [0.3, 0.4) is 0 Å². The van der Waals surface area contributed by atoms with Crippen LogP contribution in [0.2, 0.25) is 0 Å². The maximum absolute atomic E-state index is 12.6. The molecule has 124 valence electrons. The second kappa shape index (κ2) is 7.57. The van der Waals surface area contributed by atoms with Gasteiger partial charge in [0.2, 0.25) is 5.91 Å². The maximum Gasteiger partial charge on any atom is 0.245 e. The summed E-state index contributed by atoms with van der Waals surface area (Å²) >= 11 is 0. The number of rotatable bonds is 5. The summed E-state index contributed by atoms with van der Waals surface area (Å²) in [4.78, 5) is 14.5. The number of carbonyl (C=O) groups excluding carboxylic acids is 1. The van der Waals surface area contributed by atoms with Crippen LogP contribution in [0.25, 0.3) is 0 Å². The van der Waals surface area contributed by atoms with Gasteiger partial charge in [-0.05, 0) is 25.5 Å². The van der Waals surface area contributed by atoms with E-state index in [0.717, 1.165) is 18.1 Å². The van der Waals surface area contributed by atoms with E-state index in [2.05, 4.69) is 22.3 Å². The number of carbonyl (C=O) groups is 1. The molecule has 0 bridgehead atoms. The van der Waals surface area contributed by atoms with Crippen molar-refractivity contribution in [1.82, 2.24) is 19.7 Å². The van der Waals surface area contributed by atoms with Gasteiger partial charge in [0.05, 0.1) is 6.54 Å². The van der Waals surface area contributed by atoms with E-state index < -0.39 is 0 Å². The maximum atomic E-state index is 12.6. The standard InChI is InChI=1S/C16H21N5O.ClH/c1-12-16(22)20(10-8-13-5-3-2-4-6-13)11-15-19-18-14(7-9-17)21(12)15;/h2-6,12H,7-11,17H2,1H3;1H/t12-;/m0./s1. The first kappa shape index (κ1) is 17.4. The second-order valence-corrected chi connectivity index (χ2v) is 5.61. The molecule has 1 aromatic heterocycles.